The minimum atomic E-state index is -0.243. The molecule has 2 amide bonds. The van der Waals surface area contributed by atoms with Gasteiger partial charge in [0.25, 0.3) is 5.91 Å². The number of nitrogens with zero attached hydrogens (tertiary/aromatic N) is 3. The molecule has 36 heavy (non-hydrogen) atoms. The maximum absolute atomic E-state index is 12.8. The van der Waals surface area contributed by atoms with E-state index in [0.717, 1.165) is 31.7 Å². The largest absolute Gasteiger partial charge is 0.322 e. The summed E-state index contributed by atoms with van der Waals surface area (Å²) in [5.41, 5.74) is 2.10. The van der Waals surface area contributed by atoms with Gasteiger partial charge < -0.3 is 20.9 Å². The summed E-state index contributed by atoms with van der Waals surface area (Å²) in [6, 6.07) is 14.1. The summed E-state index contributed by atoms with van der Waals surface area (Å²) in [5, 5.41) is 10.1. The molecule has 1 fully saturated rings. The van der Waals surface area contributed by atoms with Crippen molar-refractivity contribution in [2.24, 2.45) is 0 Å². The molecule has 2 aromatic heterocycles. The van der Waals surface area contributed by atoms with Crippen LogP contribution in [-0.2, 0) is 10.5 Å². The average Bonchev–Trinajstić information content (AvgIpc) is 3.41. The zero-order valence-corrected chi connectivity index (χ0v) is 21.4. The van der Waals surface area contributed by atoms with Crippen LogP contribution in [0.3, 0.4) is 0 Å². The highest BCUT2D eigenvalue weighted by Crippen LogP contribution is 2.26. The zero-order valence-electron chi connectivity index (χ0n) is 19.9. The highest BCUT2D eigenvalue weighted by Gasteiger charge is 2.14. The van der Waals surface area contributed by atoms with Crippen LogP contribution in [0.15, 0.2) is 66.0 Å². The summed E-state index contributed by atoms with van der Waals surface area (Å²) in [6.45, 7) is 4.29. The Balaban J connectivity index is 1.28. The fourth-order valence-corrected chi connectivity index (χ4v) is 4.89. The summed E-state index contributed by atoms with van der Waals surface area (Å²) < 4.78 is 0. The molecule has 8 nitrogen and oxygen atoms in total. The lowest BCUT2D eigenvalue weighted by Crippen LogP contribution is -2.34. The number of pyridine rings is 2. The van der Waals surface area contributed by atoms with Crippen molar-refractivity contribution < 1.29 is 9.59 Å². The molecule has 1 saturated heterocycles. The second-order valence-corrected chi connectivity index (χ2v) is 9.83. The van der Waals surface area contributed by atoms with Crippen molar-refractivity contribution in [1.29, 1.82) is 0 Å². The molecule has 1 aliphatic heterocycles. The van der Waals surface area contributed by atoms with Gasteiger partial charge in [-0.1, -0.05) is 11.6 Å². The quantitative estimate of drug-likeness (QED) is 0.254. The maximum atomic E-state index is 12.8. The third-order valence-electron chi connectivity index (χ3n) is 5.67. The third kappa shape index (κ3) is 8.03. The first-order chi connectivity index (χ1) is 17.6. The monoisotopic (exact) mass is 524 g/mol. The first-order valence-corrected chi connectivity index (χ1v) is 13.3. The summed E-state index contributed by atoms with van der Waals surface area (Å²) in [7, 11) is 0. The molecule has 188 valence electrons. The lowest BCUT2D eigenvalue weighted by molar-refractivity contribution is -0.115. The van der Waals surface area contributed by atoms with Crippen molar-refractivity contribution in [3.8, 4) is 0 Å². The van der Waals surface area contributed by atoms with Crippen LogP contribution >= 0.6 is 23.4 Å². The Hall–Kier alpha value is -2.98. The molecule has 10 heteroatoms. The van der Waals surface area contributed by atoms with E-state index >= 15 is 0 Å². The molecule has 0 aliphatic carbocycles. The standard InChI is InChI=1S/C26H29ClN6O2S/c27-20-5-7-21(8-6-20)31-25(35)22-4-3-10-30-26(22)36-18-19-9-11-29-23(16-19)32-24(34)17-28-12-15-33-13-1-2-14-33/h3-11,16,28H,1-2,12-15,17-18H2,(H,31,35)(H,29,32,34). The fourth-order valence-electron chi connectivity index (χ4n) is 3.83. The number of hydrogen-bond donors (Lipinski definition) is 3. The van der Waals surface area contributed by atoms with E-state index in [4.69, 9.17) is 11.6 Å². The molecule has 0 spiro atoms. The van der Waals surface area contributed by atoms with Gasteiger partial charge in [-0.2, -0.15) is 0 Å². The highest BCUT2D eigenvalue weighted by atomic mass is 35.5. The van der Waals surface area contributed by atoms with Crippen LogP contribution in [0.25, 0.3) is 0 Å². The van der Waals surface area contributed by atoms with Crippen molar-refractivity contribution in [1.82, 2.24) is 20.2 Å². The molecule has 0 unspecified atom stereocenters. The van der Waals surface area contributed by atoms with E-state index in [1.807, 2.05) is 12.1 Å². The third-order valence-corrected chi connectivity index (χ3v) is 7.00. The fraction of sp³-hybridized carbons (Fsp3) is 0.308. The van der Waals surface area contributed by atoms with E-state index in [2.05, 4.69) is 30.8 Å². The number of benzene rings is 1. The second-order valence-electron chi connectivity index (χ2n) is 8.43. The van der Waals surface area contributed by atoms with Crippen LogP contribution in [0.1, 0.15) is 28.8 Å². The minimum absolute atomic E-state index is 0.125. The van der Waals surface area contributed by atoms with Crippen molar-refractivity contribution in [2.75, 3.05) is 43.4 Å². The van der Waals surface area contributed by atoms with Crippen LogP contribution in [0.4, 0.5) is 11.5 Å². The van der Waals surface area contributed by atoms with Crippen molar-refractivity contribution in [3.63, 3.8) is 0 Å². The highest BCUT2D eigenvalue weighted by molar-refractivity contribution is 7.98. The Labute approximate surface area is 220 Å². The number of amides is 2. The topological polar surface area (TPSA) is 99.3 Å². The number of halogens is 1. The van der Waals surface area contributed by atoms with Gasteiger partial charge in [-0.05, 0) is 80.0 Å². The van der Waals surface area contributed by atoms with Gasteiger partial charge in [0.1, 0.15) is 10.8 Å². The summed E-state index contributed by atoms with van der Waals surface area (Å²) in [5.74, 6) is 0.700. The molecule has 3 heterocycles. The normalized spacial score (nSPS) is 13.5. The first kappa shape index (κ1) is 26.1. The van der Waals surface area contributed by atoms with E-state index < -0.39 is 0 Å². The predicted molar refractivity (Wildman–Crippen MR) is 145 cm³/mol. The molecule has 3 N–H and O–H groups in total. The Bertz CT molecular complexity index is 1170. The van der Waals surface area contributed by atoms with Crippen LogP contribution in [-0.4, -0.2) is 59.4 Å². The molecule has 1 aliphatic rings. The number of thioether (sulfide) groups is 1. The Kier molecular flexibility index (Phi) is 9.68. The average molecular weight is 525 g/mol. The van der Waals surface area contributed by atoms with E-state index in [1.54, 1.807) is 48.8 Å². The molecule has 1 aromatic carbocycles. The molecular weight excluding hydrogens is 496 g/mol. The van der Waals surface area contributed by atoms with Crippen LogP contribution in [0, 0.1) is 0 Å². The van der Waals surface area contributed by atoms with Gasteiger partial charge in [0, 0.05) is 41.9 Å². The van der Waals surface area contributed by atoms with Crippen molar-refractivity contribution in [3.05, 3.63) is 77.1 Å². The molecule has 0 atom stereocenters. The maximum Gasteiger partial charge on any atom is 0.258 e. The van der Waals surface area contributed by atoms with Gasteiger partial charge in [-0.3, -0.25) is 9.59 Å². The molecule has 3 aromatic rings. The molecule has 4 rings (SSSR count). The van der Waals surface area contributed by atoms with Gasteiger partial charge in [0.2, 0.25) is 5.91 Å². The van der Waals surface area contributed by atoms with Crippen LogP contribution in [0.2, 0.25) is 5.02 Å². The Morgan fingerprint density at radius 2 is 1.81 bits per heavy atom. The second kappa shape index (κ2) is 13.4. The van der Waals surface area contributed by atoms with Gasteiger partial charge in [-0.15, -0.1) is 11.8 Å². The van der Waals surface area contributed by atoms with Crippen LogP contribution < -0.4 is 16.0 Å². The lowest BCUT2D eigenvalue weighted by Gasteiger charge is -2.14. The number of carbonyl (C=O) groups is 2. The van der Waals surface area contributed by atoms with Gasteiger partial charge in [0.15, 0.2) is 0 Å². The van der Waals surface area contributed by atoms with E-state index in [0.29, 0.717) is 32.9 Å². The number of rotatable bonds is 11. The number of aromatic nitrogens is 2. The van der Waals surface area contributed by atoms with E-state index in [1.165, 1.54) is 24.6 Å². The number of likely N-dealkylation sites (tertiary alicyclic amines) is 1. The lowest BCUT2D eigenvalue weighted by atomic mass is 10.2. The molecule has 0 saturated carbocycles. The zero-order chi connectivity index (χ0) is 25.2. The molecular formula is C26H29ClN6O2S. The Morgan fingerprint density at radius 1 is 1.00 bits per heavy atom. The number of anilines is 2. The number of nitrogens with one attached hydrogen (secondary N) is 3. The van der Waals surface area contributed by atoms with E-state index in [9.17, 15) is 9.59 Å². The van der Waals surface area contributed by atoms with Crippen LogP contribution in [0.5, 0.6) is 0 Å². The summed E-state index contributed by atoms with van der Waals surface area (Å²) in [4.78, 5) is 36.2. The molecule has 0 bridgehead atoms. The number of carbonyl (C=O) groups excluding carboxylic acids is 2. The van der Waals surface area contributed by atoms with E-state index in [-0.39, 0.29) is 18.4 Å². The van der Waals surface area contributed by atoms with Gasteiger partial charge in [-0.25, -0.2) is 9.97 Å². The minimum Gasteiger partial charge on any atom is -0.322 e. The summed E-state index contributed by atoms with van der Waals surface area (Å²) >= 11 is 7.37. The predicted octanol–water partition coefficient (Wildman–Crippen LogP) is 4.30. The first-order valence-electron chi connectivity index (χ1n) is 11.9. The van der Waals surface area contributed by atoms with Gasteiger partial charge >= 0.3 is 0 Å². The summed E-state index contributed by atoms with van der Waals surface area (Å²) in [6.07, 6.45) is 5.85. The SMILES string of the molecule is O=C(CNCCN1CCCC1)Nc1cc(CSc2ncccc2C(=O)Nc2ccc(Cl)cc2)ccn1. The van der Waals surface area contributed by atoms with Crippen molar-refractivity contribution >= 4 is 46.7 Å². The smallest absolute Gasteiger partial charge is 0.258 e. The van der Waals surface area contributed by atoms with Gasteiger partial charge in [0.05, 0.1) is 12.1 Å². The Morgan fingerprint density at radius 3 is 2.61 bits per heavy atom. The van der Waals surface area contributed by atoms with Crippen molar-refractivity contribution in [2.45, 2.75) is 23.6 Å². The number of hydrogen-bond acceptors (Lipinski definition) is 7. The molecule has 0 radical (unpaired) electrons.